The van der Waals surface area contributed by atoms with Crippen LogP contribution < -0.4 is 34.0 Å². The number of nitrogens with two attached hydrogens (primary N) is 5. The molecule has 9 heterocycles. The van der Waals surface area contributed by atoms with Crippen molar-refractivity contribution in [3.63, 3.8) is 0 Å². The van der Waals surface area contributed by atoms with Crippen LogP contribution in [0.1, 0.15) is 48.2 Å². The van der Waals surface area contributed by atoms with Crippen molar-refractivity contribution in [1.82, 2.24) is 95.6 Å². The highest BCUT2D eigenvalue weighted by Crippen LogP contribution is 2.29. The number of pyridine rings is 2. The molecule has 4 aromatic carbocycles. The fourth-order valence-corrected chi connectivity index (χ4v) is 8.88. The summed E-state index contributed by atoms with van der Waals surface area (Å²) < 4.78 is 0. The van der Waals surface area contributed by atoms with Gasteiger partial charge in [0, 0.05) is 109 Å². The van der Waals surface area contributed by atoms with E-state index in [1.807, 2.05) is 132 Å². The van der Waals surface area contributed by atoms with Crippen molar-refractivity contribution in [2.24, 2.45) is 11.5 Å². The SMILES string of the molecule is C.NCc1ccc(-c2n[nH]c(-c3nc(-c4cccnc4)cnc3N)n2)cc1.NCc1cccc(-c2n[nH]c(-c3nc(-c4cccnc4)cnc3N)n2)c1.Nc1ncc(-c2ccc(C(=O)N3CCCNCC3)cc2)nc1-c1nc(-c2ccccc2)n[nH]1.[HH].[HH].[HH].[HH].[HH].[HH].[HH].[HH].[HH]. The molecule has 448 valence electrons. The van der Waals surface area contributed by atoms with Gasteiger partial charge in [-0.2, -0.15) is 15.3 Å². The molecular weight excluding hydrogens is 1080 g/mol. The maximum absolute atomic E-state index is 12.8. The number of amides is 1. The smallest absolute Gasteiger partial charge is 0.253 e. The maximum Gasteiger partial charge on any atom is 0.253 e. The second-order valence-corrected chi connectivity index (χ2v) is 19.1. The number of rotatable bonds is 12. The van der Waals surface area contributed by atoms with Gasteiger partial charge in [0.1, 0.15) is 17.1 Å². The first-order valence-corrected chi connectivity index (χ1v) is 26.9. The van der Waals surface area contributed by atoms with Gasteiger partial charge in [-0.3, -0.25) is 30.1 Å². The molecule has 25 heteroatoms. The molecule has 0 spiro atoms. The lowest BCUT2D eigenvalue weighted by Crippen LogP contribution is -2.34. The molecule has 25 nitrogen and oxygen atoms in total. The van der Waals surface area contributed by atoms with Gasteiger partial charge in [-0.25, -0.2) is 44.9 Å². The number of H-pyrrole nitrogens is 3. The zero-order valence-corrected chi connectivity index (χ0v) is 45.6. The molecule has 1 aliphatic rings. The van der Waals surface area contributed by atoms with E-state index in [1.165, 1.54) is 0 Å². The molecular formula is C61H78N24O. The van der Waals surface area contributed by atoms with Crippen LogP contribution in [0.2, 0.25) is 0 Å². The molecule has 1 aliphatic heterocycles. The summed E-state index contributed by atoms with van der Waals surface area (Å²) in [6, 6.07) is 40.1. The van der Waals surface area contributed by atoms with Gasteiger partial charge in [-0.15, -0.1) is 0 Å². The number of nitrogen functional groups attached to an aromatic ring is 3. The van der Waals surface area contributed by atoms with Crippen LogP contribution in [-0.2, 0) is 13.1 Å². The average Bonchev–Trinajstić information content (AvgIpc) is 1.79. The lowest BCUT2D eigenvalue weighted by Gasteiger charge is -2.20. The van der Waals surface area contributed by atoms with E-state index in [0.717, 1.165) is 77.1 Å². The molecule has 0 aliphatic carbocycles. The summed E-state index contributed by atoms with van der Waals surface area (Å²) in [5, 5.41) is 24.8. The predicted octanol–water partition coefficient (Wildman–Crippen LogP) is 9.53. The van der Waals surface area contributed by atoms with E-state index < -0.39 is 0 Å². The number of benzene rings is 4. The van der Waals surface area contributed by atoms with Crippen molar-refractivity contribution in [3.8, 4) is 102 Å². The predicted molar refractivity (Wildman–Crippen MR) is 349 cm³/mol. The van der Waals surface area contributed by atoms with Crippen LogP contribution in [0.5, 0.6) is 0 Å². The first-order valence-electron chi connectivity index (χ1n) is 26.9. The van der Waals surface area contributed by atoms with Crippen molar-refractivity contribution in [1.29, 1.82) is 0 Å². The van der Waals surface area contributed by atoms with Crippen molar-refractivity contribution in [2.75, 3.05) is 43.4 Å². The summed E-state index contributed by atoms with van der Waals surface area (Å²) in [6.07, 6.45) is 12.6. The highest BCUT2D eigenvalue weighted by atomic mass is 16.2. The topological polar surface area (TPSA) is 390 Å². The summed E-state index contributed by atoms with van der Waals surface area (Å²) in [5.74, 6) is 3.87. The van der Waals surface area contributed by atoms with E-state index in [4.69, 9.17) is 28.7 Å². The minimum atomic E-state index is 0. The van der Waals surface area contributed by atoms with E-state index >= 15 is 0 Å². The Balaban J connectivity index is 0.000000683. The number of hydrogen-bond acceptors (Lipinski definition) is 21. The second kappa shape index (κ2) is 27.1. The van der Waals surface area contributed by atoms with Crippen molar-refractivity contribution in [3.05, 3.63) is 187 Å². The van der Waals surface area contributed by atoms with E-state index in [2.05, 4.69) is 90.7 Å². The standard InChI is InChI=1S/C24H24N8O.2C18H16N8.CH4.9H2/c25-21-20(23-29-22(30-31-23)17-5-2-1-3-6-17)28-19(15-27-21)16-7-9-18(10-8-16)24(33)32-13-4-11-26-12-14-32;19-8-11-3-1-4-12(7-11)17-24-18(26-25-17)15-16(20)22-10-14(23-15)13-5-2-6-21-9-13;19-8-11-3-5-12(6-4-11)17-24-18(26-25-17)15-16(20)22-10-14(23-15)13-2-1-7-21-9-13;;;;;;;;;;/h1-3,5-10,15,26H,4,11-14H2,(H2,25,27)(H,29,30,31);2*1-7,9-10H,8,19H2,(H2,20,22)(H,24,25,26);1H4;9*1H. The van der Waals surface area contributed by atoms with Gasteiger partial charge in [0.25, 0.3) is 5.91 Å². The molecule has 0 unspecified atom stereocenters. The van der Waals surface area contributed by atoms with Crippen molar-refractivity contribution in [2.45, 2.75) is 26.9 Å². The Kier molecular flexibility index (Phi) is 18.2. The van der Waals surface area contributed by atoms with E-state index in [0.29, 0.717) is 87.8 Å². The highest BCUT2D eigenvalue weighted by Gasteiger charge is 2.20. The second-order valence-electron chi connectivity index (χ2n) is 19.1. The number of carbonyl (C=O) groups is 1. The number of nitrogens with one attached hydrogen (secondary N) is 4. The molecule has 86 heavy (non-hydrogen) atoms. The number of carbonyl (C=O) groups excluding carboxylic acids is 1. The fourth-order valence-electron chi connectivity index (χ4n) is 8.88. The molecule has 1 amide bonds. The summed E-state index contributed by atoms with van der Waals surface area (Å²) in [5.41, 5.74) is 40.5. The van der Waals surface area contributed by atoms with Crippen LogP contribution in [-0.4, -0.2) is 122 Å². The molecule has 14 N–H and O–H groups in total. The number of nitrogens with zero attached hydrogens (tertiary/aromatic N) is 15. The lowest BCUT2D eigenvalue weighted by molar-refractivity contribution is 0.0766. The van der Waals surface area contributed by atoms with E-state index in [9.17, 15) is 4.79 Å². The molecule has 1 saturated heterocycles. The molecule has 12 aromatic rings. The van der Waals surface area contributed by atoms with Crippen LogP contribution in [0.3, 0.4) is 0 Å². The van der Waals surface area contributed by atoms with Gasteiger partial charge >= 0.3 is 0 Å². The highest BCUT2D eigenvalue weighted by molar-refractivity contribution is 5.94. The molecule has 0 bridgehead atoms. The summed E-state index contributed by atoms with van der Waals surface area (Å²) in [6.45, 7) is 4.20. The molecule has 0 radical (unpaired) electrons. The Hall–Kier alpha value is -11.4. The third-order valence-electron chi connectivity index (χ3n) is 13.4. The quantitative estimate of drug-likeness (QED) is 0.0549. The summed E-state index contributed by atoms with van der Waals surface area (Å²) in [4.78, 5) is 63.1. The number of anilines is 3. The Morgan fingerprint density at radius 1 is 0.465 bits per heavy atom. The Labute approximate surface area is 506 Å². The first-order chi connectivity index (χ1) is 41.7. The number of aromatic nitrogens is 17. The Morgan fingerprint density at radius 3 is 1.43 bits per heavy atom. The molecule has 0 atom stereocenters. The molecule has 0 saturated carbocycles. The molecule has 8 aromatic heterocycles. The zero-order chi connectivity index (χ0) is 58.5. The largest absolute Gasteiger partial charge is 0.382 e. The monoisotopic (exact) mass is 1160 g/mol. The molecule has 1 fully saturated rings. The van der Waals surface area contributed by atoms with Gasteiger partial charge in [-0.05, 0) is 66.6 Å². The Bertz CT molecular complexity index is 4210. The van der Waals surface area contributed by atoms with Crippen LogP contribution >= 0.6 is 0 Å². The normalized spacial score (nSPS) is 12.0. The van der Waals surface area contributed by atoms with E-state index in [1.54, 1.807) is 43.4 Å². The van der Waals surface area contributed by atoms with E-state index in [-0.39, 0.29) is 43.6 Å². The average molecular weight is 1160 g/mol. The minimum absolute atomic E-state index is 0. The zero-order valence-electron chi connectivity index (χ0n) is 45.6. The summed E-state index contributed by atoms with van der Waals surface area (Å²) in [7, 11) is 0. The Morgan fingerprint density at radius 2 is 0.930 bits per heavy atom. The minimum Gasteiger partial charge on any atom is -0.382 e. The van der Waals surface area contributed by atoms with Gasteiger partial charge < -0.3 is 38.9 Å². The van der Waals surface area contributed by atoms with Gasteiger partial charge in [-0.1, -0.05) is 92.4 Å². The molecule has 13 rings (SSSR count). The van der Waals surface area contributed by atoms with Crippen molar-refractivity contribution >= 4 is 23.4 Å². The van der Waals surface area contributed by atoms with Gasteiger partial charge in [0.15, 0.2) is 52.4 Å². The third kappa shape index (κ3) is 13.6. The third-order valence-corrected chi connectivity index (χ3v) is 13.4. The lowest BCUT2D eigenvalue weighted by atomic mass is 10.1. The van der Waals surface area contributed by atoms with Crippen LogP contribution in [0.25, 0.3) is 102 Å². The first kappa shape index (κ1) is 57.8. The number of aromatic amines is 3. The summed E-state index contributed by atoms with van der Waals surface area (Å²) >= 11 is 0. The van der Waals surface area contributed by atoms with Crippen LogP contribution in [0.15, 0.2) is 171 Å². The van der Waals surface area contributed by atoms with Crippen molar-refractivity contribution < 1.29 is 17.6 Å². The van der Waals surface area contributed by atoms with Gasteiger partial charge in [0.2, 0.25) is 0 Å². The van der Waals surface area contributed by atoms with Gasteiger partial charge in [0.05, 0.1) is 35.7 Å². The maximum atomic E-state index is 12.8. The fraction of sp³-hybridized carbons (Fsp3) is 0.131. The number of hydrogen-bond donors (Lipinski definition) is 9. The van der Waals surface area contributed by atoms with Crippen LogP contribution in [0, 0.1) is 0 Å². The van der Waals surface area contributed by atoms with Crippen LogP contribution in [0.4, 0.5) is 17.5 Å².